The summed E-state index contributed by atoms with van der Waals surface area (Å²) < 4.78 is 4.90. The fraction of sp³-hybridized carbons (Fsp3) is 0.636. The van der Waals surface area contributed by atoms with E-state index in [0.717, 1.165) is 25.9 Å². The van der Waals surface area contributed by atoms with Gasteiger partial charge in [-0.15, -0.1) is 5.10 Å². The molecule has 0 radical (unpaired) electrons. The summed E-state index contributed by atoms with van der Waals surface area (Å²) in [4.78, 5) is 16.8. The van der Waals surface area contributed by atoms with E-state index in [0.29, 0.717) is 18.4 Å². The summed E-state index contributed by atoms with van der Waals surface area (Å²) in [5, 5.41) is 7.75. The molecule has 104 valence electrons. The number of hydrogen-bond donors (Lipinski definition) is 2. The van der Waals surface area contributed by atoms with Crippen LogP contribution in [0.1, 0.15) is 19.8 Å². The highest BCUT2D eigenvalue weighted by molar-refractivity contribution is 5.64. The van der Waals surface area contributed by atoms with Gasteiger partial charge in [-0.3, -0.25) is 0 Å². The van der Waals surface area contributed by atoms with Gasteiger partial charge in [-0.1, -0.05) is 6.92 Å². The van der Waals surface area contributed by atoms with Gasteiger partial charge < -0.3 is 21.1 Å². The summed E-state index contributed by atoms with van der Waals surface area (Å²) >= 11 is 0. The maximum absolute atomic E-state index is 10.7. The summed E-state index contributed by atoms with van der Waals surface area (Å²) in [5.74, 6) is 0.897. The van der Waals surface area contributed by atoms with Gasteiger partial charge >= 0.3 is 6.09 Å². The van der Waals surface area contributed by atoms with Gasteiger partial charge in [-0.05, 0) is 12.8 Å². The molecule has 0 aliphatic carbocycles. The Kier molecular flexibility index (Phi) is 3.68. The molecule has 0 saturated carbocycles. The van der Waals surface area contributed by atoms with Crippen LogP contribution in [0, 0.1) is 5.41 Å². The van der Waals surface area contributed by atoms with E-state index in [1.807, 2.05) is 4.90 Å². The fourth-order valence-corrected chi connectivity index (χ4v) is 2.08. The van der Waals surface area contributed by atoms with Crippen molar-refractivity contribution in [2.45, 2.75) is 19.8 Å². The van der Waals surface area contributed by atoms with Crippen molar-refractivity contribution in [3.63, 3.8) is 0 Å². The Hall–Kier alpha value is -2.12. The van der Waals surface area contributed by atoms with Crippen LogP contribution < -0.4 is 16.4 Å². The first-order valence-corrected chi connectivity index (χ1v) is 6.11. The average Bonchev–Trinajstić information content (AvgIpc) is 2.37. The molecule has 0 aromatic carbocycles. The highest BCUT2D eigenvalue weighted by atomic mass is 16.5. The Morgan fingerprint density at radius 1 is 1.53 bits per heavy atom. The minimum Gasteiger partial charge on any atom is -0.449 e. The number of amides is 1. The molecule has 0 bridgehead atoms. The molecule has 0 unspecified atom stereocenters. The number of anilines is 2. The molecule has 0 spiro atoms. The molecule has 2 heterocycles. The van der Waals surface area contributed by atoms with Crippen molar-refractivity contribution in [3.05, 3.63) is 6.20 Å². The third-order valence-electron chi connectivity index (χ3n) is 3.38. The predicted octanol–water partition coefficient (Wildman–Crippen LogP) is 0.156. The van der Waals surface area contributed by atoms with Gasteiger partial charge in [0.2, 0.25) is 5.95 Å². The maximum atomic E-state index is 10.7. The zero-order chi connectivity index (χ0) is 13.9. The summed E-state index contributed by atoms with van der Waals surface area (Å²) in [5.41, 5.74) is 10.5. The first kappa shape index (κ1) is 13.3. The second-order valence-corrected chi connectivity index (χ2v) is 5.09. The molecular weight excluding hydrogens is 248 g/mol. The number of nitrogens with zero attached hydrogens (tertiary/aromatic N) is 4. The number of nitrogens with two attached hydrogens (primary N) is 2. The second-order valence-electron chi connectivity index (χ2n) is 5.09. The van der Waals surface area contributed by atoms with Crippen molar-refractivity contribution >= 4 is 17.9 Å². The van der Waals surface area contributed by atoms with E-state index in [2.05, 4.69) is 22.1 Å². The van der Waals surface area contributed by atoms with Crippen LogP contribution >= 0.6 is 0 Å². The Bertz CT molecular complexity index is 458. The molecule has 1 aromatic rings. The topological polar surface area (TPSA) is 120 Å². The Morgan fingerprint density at radius 3 is 2.79 bits per heavy atom. The number of ether oxygens (including phenoxy) is 1. The SMILES string of the molecule is CC1(COC(N)=O)CCN(c2nncc(N)n2)CC1. The number of rotatable bonds is 3. The molecule has 1 fully saturated rings. The number of primary amides is 1. The van der Waals surface area contributed by atoms with Crippen LogP contribution in [-0.2, 0) is 4.74 Å². The van der Waals surface area contributed by atoms with Crippen molar-refractivity contribution < 1.29 is 9.53 Å². The molecule has 19 heavy (non-hydrogen) atoms. The van der Waals surface area contributed by atoms with E-state index in [1.165, 1.54) is 6.20 Å². The molecule has 1 aliphatic heterocycles. The van der Waals surface area contributed by atoms with Crippen molar-refractivity contribution in [2.24, 2.45) is 11.1 Å². The molecule has 1 aliphatic rings. The van der Waals surface area contributed by atoms with Gasteiger partial charge in [0.05, 0.1) is 12.8 Å². The van der Waals surface area contributed by atoms with E-state index < -0.39 is 6.09 Å². The number of aromatic nitrogens is 3. The Balaban J connectivity index is 1.93. The summed E-state index contributed by atoms with van der Waals surface area (Å²) in [7, 11) is 0. The molecular formula is C11H18N6O2. The van der Waals surface area contributed by atoms with Crippen molar-refractivity contribution in [2.75, 3.05) is 30.3 Å². The van der Waals surface area contributed by atoms with Gasteiger partial charge in [0.15, 0.2) is 0 Å². The summed E-state index contributed by atoms with van der Waals surface area (Å²) in [6.07, 6.45) is 2.40. The van der Waals surface area contributed by atoms with E-state index in [-0.39, 0.29) is 5.41 Å². The van der Waals surface area contributed by atoms with Crippen LogP contribution in [0.25, 0.3) is 0 Å². The zero-order valence-electron chi connectivity index (χ0n) is 10.9. The maximum Gasteiger partial charge on any atom is 0.404 e. The third-order valence-corrected chi connectivity index (χ3v) is 3.38. The number of carbonyl (C=O) groups is 1. The highest BCUT2D eigenvalue weighted by Gasteiger charge is 2.32. The minimum atomic E-state index is -0.730. The van der Waals surface area contributed by atoms with Crippen molar-refractivity contribution in [3.8, 4) is 0 Å². The highest BCUT2D eigenvalue weighted by Crippen LogP contribution is 2.32. The zero-order valence-corrected chi connectivity index (χ0v) is 10.9. The lowest BCUT2D eigenvalue weighted by atomic mass is 9.81. The normalized spacial score (nSPS) is 18.1. The molecule has 1 aromatic heterocycles. The van der Waals surface area contributed by atoms with E-state index in [9.17, 15) is 4.79 Å². The lowest BCUT2D eigenvalue weighted by molar-refractivity contribution is 0.0817. The molecule has 8 heteroatoms. The van der Waals surface area contributed by atoms with E-state index >= 15 is 0 Å². The Morgan fingerprint density at radius 2 is 2.21 bits per heavy atom. The molecule has 1 saturated heterocycles. The largest absolute Gasteiger partial charge is 0.449 e. The molecule has 8 nitrogen and oxygen atoms in total. The smallest absolute Gasteiger partial charge is 0.404 e. The predicted molar refractivity (Wildman–Crippen MR) is 69.3 cm³/mol. The third kappa shape index (κ3) is 3.43. The molecule has 2 rings (SSSR count). The first-order chi connectivity index (χ1) is 8.98. The van der Waals surface area contributed by atoms with E-state index in [4.69, 9.17) is 16.2 Å². The van der Waals surface area contributed by atoms with Crippen molar-refractivity contribution in [1.82, 2.24) is 15.2 Å². The van der Waals surface area contributed by atoms with Crippen LogP contribution in [0.2, 0.25) is 0 Å². The average molecular weight is 266 g/mol. The van der Waals surface area contributed by atoms with Crippen LogP contribution in [0.5, 0.6) is 0 Å². The van der Waals surface area contributed by atoms with Crippen LogP contribution in [0.3, 0.4) is 0 Å². The molecule has 4 N–H and O–H groups in total. The quantitative estimate of drug-likeness (QED) is 0.799. The van der Waals surface area contributed by atoms with Crippen LogP contribution in [0.15, 0.2) is 6.20 Å². The second kappa shape index (κ2) is 5.25. The lowest BCUT2D eigenvalue weighted by Crippen LogP contribution is -2.42. The number of piperidine rings is 1. The van der Waals surface area contributed by atoms with Crippen LogP contribution in [0.4, 0.5) is 16.6 Å². The van der Waals surface area contributed by atoms with Gasteiger partial charge in [-0.25, -0.2) is 4.79 Å². The van der Waals surface area contributed by atoms with Gasteiger partial charge in [0.25, 0.3) is 0 Å². The van der Waals surface area contributed by atoms with Gasteiger partial charge in [0.1, 0.15) is 5.82 Å². The summed E-state index contributed by atoms with van der Waals surface area (Å²) in [6.45, 7) is 3.95. The monoisotopic (exact) mass is 266 g/mol. The number of carbonyl (C=O) groups excluding carboxylic acids is 1. The lowest BCUT2D eigenvalue weighted by Gasteiger charge is -2.38. The fourth-order valence-electron chi connectivity index (χ4n) is 2.08. The number of nitrogen functional groups attached to an aromatic ring is 1. The number of hydrogen-bond acceptors (Lipinski definition) is 7. The van der Waals surface area contributed by atoms with Crippen molar-refractivity contribution in [1.29, 1.82) is 0 Å². The molecule has 1 amide bonds. The van der Waals surface area contributed by atoms with Gasteiger partial charge in [-0.2, -0.15) is 10.1 Å². The molecule has 0 atom stereocenters. The standard InChI is InChI=1S/C11H18N6O2/c1-11(7-19-9(13)18)2-4-17(5-3-11)10-15-8(12)6-14-16-10/h6H,2-5,7H2,1H3,(H2,13,18)(H2,12,15,16). The van der Waals surface area contributed by atoms with Gasteiger partial charge in [0, 0.05) is 18.5 Å². The summed E-state index contributed by atoms with van der Waals surface area (Å²) in [6, 6.07) is 0. The van der Waals surface area contributed by atoms with E-state index in [1.54, 1.807) is 0 Å². The minimum absolute atomic E-state index is 0.0563. The first-order valence-electron chi connectivity index (χ1n) is 6.11. The Labute approximate surface area is 111 Å². The van der Waals surface area contributed by atoms with Crippen LogP contribution in [-0.4, -0.2) is 41.0 Å².